The molecule has 1 aromatic carbocycles. The third-order valence-corrected chi connectivity index (χ3v) is 3.15. The van der Waals surface area contributed by atoms with E-state index in [0.29, 0.717) is 0 Å². The van der Waals surface area contributed by atoms with Crippen molar-refractivity contribution in [3.63, 3.8) is 0 Å². The topological polar surface area (TPSA) is 82.0 Å². The van der Waals surface area contributed by atoms with E-state index in [1.165, 1.54) is 24.3 Å². The summed E-state index contributed by atoms with van der Waals surface area (Å²) in [6.45, 7) is 0. The average Bonchev–Trinajstić information content (AvgIpc) is 2.32. The van der Waals surface area contributed by atoms with Gasteiger partial charge in [-0.15, -0.1) is 0 Å². The summed E-state index contributed by atoms with van der Waals surface area (Å²) >= 11 is 0.876. The Kier molecular flexibility index (Phi) is 3.42. The van der Waals surface area contributed by atoms with Crippen molar-refractivity contribution in [1.29, 1.82) is 0 Å². The summed E-state index contributed by atoms with van der Waals surface area (Å²) in [5, 5.41) is 10.9. The molecule has 1 aromatic heterocycles. The Balaban J connectivity index is 2.42. The minimum atomic E-state index is -0.574. The van der Waals surface area contributed by atoms with Gasteiger partial charge in [-0.3, -0.25) is 10.1 Å². The predicted molar refractivity (Wildman–Crippen MR) is 65.8 cm³/mol. The zero-order valence-electron chi connectivity index (χ0n) is 9.04. The van der Waals surface area contributed by atoms with Crippen LogP contribution in [0.5, 0.6) is 0 Å². The van der Waals surface area contributed by atoms with Gasteiger partial charge in [-0.2, -0.15) is 0 Å². The van der Waals surface area contributed by atoms with Crippen molar-refractivity contribution in [3.8, 4) is 0 Å². The second kappa shape index (κ2) is 5.01. The summed E-state index contributed by atoms with van der Waals surface area (Å²) in [5.41, 5.74) is 5.28. The second-order valence-electron chi connectivity index (χ2n) is 3.35. The van der Waals surface area contributed by atoms with Gasteiger partial charge in [0, 0.05) is 11.0 Å². The molecule has 92 valence electrons. The van der Waals surface area contributed by atoms with Crippen LogP contribution in [0.3, 0.4) is 0 Å². The van der Waals surface area contributed by atoms with E-state index in [-0.39, 0.29) is 21.4 Å². The zero-order chi connectivity index (χ0) is 13.1. The summed E-state index contributed by atoms with van der Waals surface area (Å²) in [7, 11) is 0. The van der Waals surface area contributed by atoms with Gasteiger partial charge >= 0.3 is 5.69 Å². The molecule has 0 aliphatic carbocycles. The first-order chi connectivity index (χ1) is 8.58. The largest absolute Gasteiger partial charge is 0.384 e. The SMILES string of the molecule is Nc1ccc([N+](=O)[O-])c(Sc2ccccc2F)n1. The molecular weight excluding hydrogens is 257 g/mol. The maximum Gasteiger partial charge on any atom is 0.301 e. The van der Waals surface area contributed by atoms with E-state index in [4.69, 9.17) is 5.73 Å². The molecule has 5 nitrogen and oxygen atoms in total. The van der Waals surface area contributed by atoms with Crippen LogP contribution >= 0.6 is 11.8 Å². The van der Waals surface area contributed by atoms with Crippen molar-refractivity contribution in [3.05, 3.63) is 52.3 Å². The van der Waals surface area contributed by atoms with E-state index < -0.39 is 10.7 Å². The lowest BCUT2D eigenvalue weighted by molar-refractivity contribution is -0.388. The molecule has 0 aliphatic rings. The zero-order valence-corrected chi connectivity index (χ0v) is 9.86. The molecule has 0 unspecified atom stereocenters. The van der Waals surface area contributed by atoms with Crippen molar-refractivity contribution >= 4 is 23.3 Å². The lowest BCUT2D eigenvalue weighted by Crippen LogP contribution is -1.97. The fourth-order valence-corrected chi connectivity index (χ4v) is 2.21. The minimum Gasteiger partial charge on any atom is -0.384 e. The molecule has 0 amide bonds. The van der Waals surface area contributed by atoms with Crippen LogP contribution in [0.4, 0.5) is 15.9 Å². The maximum absolute atomic E-state index is 13.5. The summed E-state index contributed by atoms with van der Waals surface area (Å²) in [4.78, 5) is 14.4. The lowest BCUT2D eigenvalue weighted by Gasteiger charge is -2.03. The highest BCUT2D eigenvalue weighted by Gasteiger charge is 2.17. The first-order valence-electron chi connectivity index (χ1n) is 4.91. The van der Waals surface area contributed by atoms with Crippen LogP contribution in [0.15, 0.2) is 46.3 Å². The van der Waals surface area contributed by atoms with Gasteiger partial charge in [-0.25, -0.2) is 9.37 Å². The molecule has 0 saturated carbocycles. The van der Waals surface area contributed by atoms with Crippen molar-refractivity contribution in [2.45, 2.75) is 9.92 Å². The van der Waals surface area contributed by atoms with Crippen LogP contribution in [0.1, 0.15) is 0 Å². The Bertz CT molecular complexity index is 607. The van der Waals surface area contributed by atoms with Gasteiger partial charge in [0.1, 0.15) is 11.6 Å². The standard InChI is InChI=1S/C11H8FN3O2S/c12-7-3-1-2-4-9(7)18-11-8(15(16)17)5-6-10(13)14-11/h1-6H,(H2,13,14). The predicted octanol–water partition coefficient (Wildman–Crippen LogP) is 2.86. The molecule has 2 aromatic rings. The number of pyridine rings is 1. The van der Waals surface area contributed by atoms with Crippen molar-refractivity contribution in [2.24, 2.45) is 0 Å². The van der Waals surface area contributed by atoms with Crippen LogP contribution in [0.25, 0.3) is 0 Å². The van der Waals surface area contributed by atoms with Crippen LogP contribution in [-0.2, 0) is 0 Å². The van der Waals surface area contributed by atoms with Gasteiger partial charge in [0.25, 0.3) is 0 Å². The maximum atomic E-state index is 13.5. The number of nitrogen functional groups attached to an aromatic ring is 1. The Hall–Kier alpha value is -2.15. The second-order valence-corrected chi connectivity index (χ2v) is 4.38. The molecule has 7 heteroatoms. The highest BCUT2D eigenvalue weighted by Crippen LogP contribution is 2.34. The van der Waals surface area contributed by atoms with Gasteiger partial charge in [-0.05, 0) is 18.2 Å². The van der Waals surface area contributed by atoms with Gasteiger partial charge < -0.3 is 5.73 Å². The molecule has 0 aliphatic heterocycles. The minimum absolute atomic E-state index is 0.0742. The van der Waals surface area contributed by atoms with Crippen LogP contribution < -0.4 is 5.73 Å². The number of aromatic nitrogens is 1. The van der Waals surface area contributed by atoms with Crippen molar-refractivity contribution < 1.29 is 9.31 Å². The fourth-order valence-electron chi connectivity index (χ4n) is 1.29. The number of rotatable bonds is 3. The fraction of sp³-hybridized carbons (Fsp3) is 0. The van der Waals surface area contributed by atoms with Crippen molar-refractivity contribution in [2.75, 3.05) is 5.73 Å². The molecule has 0 spiro atoms. The van der Waals surface area contributed by atoms with Crippen LogP contribution in [-0.4, -0.2) is 9.91 Å². The molecule has 2 N–H and O–H groups in total. The summed E-state index contributed by atoms with van der Waals surface area (Å²) in [5.74, 6) is -0.305. The molecule has 0 saturated heterocycles. The van der Waals surface area contributed by atoms with Gasteiger partial charge in [-0.1, -0.05) is 23.9 Å². The third-order valence-electron chi connectivity index (χ3n) is 2.10. The summed E-state index contributed by atoms with van der Waals surface area (Å²) in [6.07, 6.45) is 0. The summed E-state index contributed by atoms with van der Waals surface area (Å²) in [6, 6.07) is 8.58. The Labute approximate surface area is 106 Å². The number of halogens is 1. The van der Waals surface area contributed by atoms with Crippen molar-refractivity contribution in [1.82, 2.24) is 4.98 Å². The average molecular weight is 265 g/mol. The first kappa shape index (κ1) is 12.3. The van der Waals surface area contributed by atoms with Gasteiger partial charge in [0.15, 0.2) is 5.03 Å². The van der Waals surface area contributed by atoms with E-state index >= 15 is 0 Å². The molecule has 0 bridgehead atoms. The normalized spacial score (nSPS) is 10.3. The van der Waals surface area contributed by atoms with Gasteiger partial charge in [0.2, 0.25) is 0 Å². The molecule has 0 fully saturated rings. The first-order valence-corrected chi connectivity index (χ1v) is 5.73. The number of anilines is 1. The number of nitrogens with zero attached hydrogens (tertiary/aromatic N) is 2. The van der Waals surface area contributed by atoms with Gasteiger partial charge in [0.05, 0.1) is 4.92 Å². The monoisotopic (exact) mass is 265 g/mol. The van der Waals surface area contributed by atoms with Crippen LogP contribution in [0, 0.1) is 15.9 Å². The summed E-state index contributed by atoms with van der Waals surface area (Å²) < 4.78 is 13.5. The quantitative estimate of drug-likeness (QED) is 0.681. The van der Waals surface area contributed by atoms with E-state index in [0.717, 1.165) is 11.8 Å². The number of hydrogen-bond donors (Lipinski definition) is 1. The third kappa shape index (κ3) is 2.57. The van der Waals surface area contributed by atoms with E-state index in [1.54, 1.807) is 12.1 Å². The highest BCUT2D eigenvalue weighted by molar-refractivity contribution is 7.99. The highest BCUT2D eigenvalue weighted by atomic mass is 32.2. The Morgan fingerprint density at radius 2 is 2.00 bits per heavy atom. The molecule has 18 heavy (non-hydrogen) atoms. The molecule has 0 atom stereocenters. The van der Waals surface area contributed by atoms with E-state index in [1.807, 2.05) is 0 Å². The smallest absolute Gasteiger partial charge is 0.301 e. The van der Waals surface area contributed by atoms with Crippen LogP contribution in [0.2, 0.25) is 0 Å². The number of nitro groups is 1. The number of benzene rings is 1. The lowest BCUT2D eigenvalue weighted by atomic mass is 10.3. The molecular formula is C11H8FN3O2S. The molecule has 1 heterocycles. The number of hydrogen-bond acceptors (Lipinski definition) is 5. The molecule has 2 rings (SSSR count). The number of nitrogens with two attached hydrogens (primary N) is 1. The Morgan fingerprint density at radius 3 is 2.67 bits per heavy atom. The molecule has 0 radical (unpaired) electrons. The Morgan fingerprint density at radius 1 is 1.28 bits per heavy atom. The van der Waals surface area contributed by atoms with E-state index in [2.05, 4.69) is 4.98 Å². The van der Waals surface area contributed by atoms with E-state index in [9.17, 15) is 14.5 Å².